The van der Waals surface area contributed by atoms with Gasteiger partial charge in [0.2, 0.25) is 0 Å². The highest BCUT2D eigenvalue weighted by Gasteiger charge is 2.22. The van der Waals surface area contributed by atoms with Crippen molar-refractivity contribution in [1.82, 2.24) is 4.90 Å². The van der Waals surface area contributed by atoms with Crippen molar-refractivity contribution in [2.75, 3.05) is 32.6 Å². The van der Waals surface area contributed by atoms with Crippen LogP contribution < -0.4 is 4.90 Å². The third-order valence-corrected chi connectivity index (χ3v) is 4.56. The topological polar surface area (TPSA) is 49.9 Å². The molecule has 3 rings (SSSR count). The van der Waals surface area contributed by atoms with Crippen LogP contribution in [0, 0.1) is 0 Å². The summed E-state index contributed by atoms with van der Waals surface area (Å²) in [6, 6.07) is 13.2. The summed E-state index contributed by atoms with van der Waals surface area (Å²) in [6.07, 6.45) is 0.738. The Morgan fingerprint density at radius 3 is 2.32 bits per heavy atom. The van der Waals surface area contributed by atoms with Gasteiger partial charge in [0.1, 0.15) is 0 Å². The van der Waals surface area contributed by atoms with Crippen LogP contribution in [0.25, 0.3) is 0 Å². The quantitative estimate of drug-likeness (QED) is 0.808. The van der Waals surface area contributed by atoms with Crippen LogP contribution >= 0.6 is 0 Å². The van der Waals surface area contributed by atoms with E-state index in [1.165, 1.54) is 7.11 Å². The molecule has 1 heterocycles. The maximum absolute atomic E-state index is 12.8. The van der Waals surface area contributed by atoms with Crippen molar-refractivity contribution < 1.29 is 14.3 Å². The lowest BCUT2D eigenvalue weighted by Crippen LogP contribution is -2.36. The number of fused-ring (bicyclic) bond motifs is 1. The molecule has 130 valence electrons. The van der Waals surface area contributed by atoms with Gasteiger partial charge in [0.15, 0.2) is 0 Å². The van der Waals surface area contributed by atoms with Crippen molar-refractivity contribution in [3.63, 3.8) is 0 Å². The van der Waals surface area contributed by atoms with E-state index in [2.05, 4.69) is 0 Å². The van der Waals surface area contributed by atoms with E-state index >= 15 is 0 Å². The first-order chi connectivity index (χ1) is 12.0. The van der Waals surface area contributed by atoms with Gasteiger partial charge in [0.25, 0.3) is 5.91 Å². The van der Waals surface area contributed by atoms with E-state index in [9.17, 15) is 9.59 Å². The molecule has 1 aliphatic rings. The minimum absolute atomic E-state index is 0.0352. The Hall–Kier alpha value is -2.82. The average Bonchev–Trinajstić information content (AvgIpc) is 2.66. The molecule has 5 nitrogen and oxygen atoms in total. The fourth-order valence-corrected chi connectivity index (χ4v) is 3.06. The van der Waals surface area contributed by atoms with Gasteiger partial charge in [0.05, 0.1) is 12.7 Å². The Labute approximate surface area is 147 Å². The Balaban J connectivity index is 1.75. The second kappa shape index (κ2) is 6.97. The fraction of sp³-hybridized carbons (Fsp3) is 0.300. The Morgan fingerprint density at radius 2 is 1.68 bits per heavy atom. The molecule has 2 aromatic rings. The normalized spacial score (nSPS) is 13.2. The van der Waals surface area contributed by atoms with Crippen LogP contribution in [0.15, 0.2) is 42.5 Å². The zero-order valence-corrected chi connectivity index (χ0v) is 14.8. The molecule has 0 atom stereocenters. The van der Waals surface area contributed by atoms with Crippen molar-refractivity contribution >= 4 is 17.6 Å². The number of ether oxygens (including phenoxy) is 1. The molecule has 0 aromatic heterocycles. The summed E-state index contributed by atoms with van der Waals surface area (Å²) in [5.41, 5.74) is 4.50. The van der Waals surface area contributed by atoms with Crippen molar-refractivity contribution in [2.45, 2.75) is 13.0 Å². The van der Waals surface area contributed by atoms with Crippen LogP contribution in [0.2, 0.25) is 0 Å². The van der Waals surface area contributed by atoms with E-state index in [-0.39, 0.29) is 11.9 Å². The molecule has 0 fully saturated rings. The molecule has 0 bridgehead atoms. The second-order valence-corrected chi connectivity index (χ2v) is 6.39. The zero-order chi connectivity index (χ0) is 18.0. The lowest BCUT2D eigenvalue weighted by Gasteiger charge is -2.29. The lowest BCUT2D eigenvalue weighted by molar-refractivity contribution is 0.0599. The molecule has 25 heavy (non-hydrogen) atoms. The van der Waals surface area contributed by atoms with E-state index in [1.54, 1.807) is 6.07 Å². The van der Waals surface area contributed by atoms with Crippen LogP contribution in [0.1, 0.15) is 31.8 Å². The number of esters is 1. The van der Waals surface area contributed by atoms with E-state index in [4.69, 9.17) is 4.74 Å². The molecular weight excluding hydrogens is 316 g/mol. The number of methoxy groups -OCH3 is 1. The molecule has 0 saturated carbocycles. The summed E-state index contributed by atoms with van der Waals surface area (Å²) in [6.45, 7) is 1.21. The molecule has 2 aromatic carbocycles. The third kappa shape index (κ3) is 3.50. The van der Waals surface area contributed by atoms with Crippen LogP contribution in [-0.2, 0) is 17.7 Å². The fourth-order valence-electron chi connectivity index (χ4n) is 3.06. The van der Waals surface area contributed by atoms with E-state index in [1.807, 2.05) is 60.3 Å². The van der Waals surface area contributed by atoms with Gasteiger partial charge in [-0.3, -0.25) is 4.79 Å². The van der Waals surface area contributed by atoms with Crippen molar-refractivity contribution in [3.05, 3.63) is 64.7 Å². The summed E-state index contributed by atoms with van der Waals surface area (Å²) in [5, 5.41) is 0. The zero-order valence-electron chi connectivity index (χ0n) is 14.8. The summed E-state index contributed by atoms with van der Waals surface area (Å²) < 4.78 is 4.76. The Morgan fingerprint density at radius 1 is 1.00 bits per heavy atom. The number of amides is 1. The minimum Gasteiger partial charge on any atom is -0.465 e. The lowest BCUT2D eigenvalue weighted by atomic mass is 9.96. The first kappa shape index (κ1) is 17.0. The molecule has 0 spiro atoms. The highest BCUT2D eigenvalue weighted by atomic mass is 16.5. The summed E-state index contributed by atoms with van der Waals surface area (Å²) in [4.78, 5) is 28.2. The predicted octanol–water partition coefficient (Wildman–Crippen LogP) is 2.74. The number of hydrogen-bond acceptors (Lipinski definition) is 4. The van der Waals surface area contributed by atoms with Crippen LogP contribution in [0.4, 0.5) is 5.69 Å². The third-order valence-electron chi connectivity index (χ3n) is 4.56. The molecule has 1 amide bonds. The summed E-state index contributed by atoms with van der Waals surface area (Å²) in [5.74, 6) is -0.296. The number of benzene rings is 2. The van der Waals surface area contributed by atoms with Gasteiger partial charge >= 0.3 is 5.97 Å². The van der Waals surface area contributed by atoms with Gasteiger partial charge in [0, 0.05) is 38.4 Å². The molecule has 0 unspecified atom stereocenters. The second-order valence-electron chi connectivity index (χ2n) is 6.39. The van der Waals surface area contributed by atoms with Crippen LogP contribution in [-0.4, -0.2) is 44.5 Å². The molecule has 1 aliphatic heterocycles. The van der Waals surface area contributed by atoms with Crippen molar-refractivity contribution in [2.24, 2.45) is 0 Å². The van der Waals surface area contributed by atoms with Gasteiger partial charge in [-0.05, 0) is 53.9 Å². The number of hydrogen-bond donors (Lipinski definition) is 0. The minimum atomic E-state index is -0.331. The average molecular weight is 338 g/mol. The maximum atomic E-state index is 12.8. The molecule has 0 aliphatic carbocycles. The first-order valence-electron chi connectivity index (χ1n) is 8.26. The Kier molecular flexibility index (Phi) is 4.74. The van der Waals surface area contributed by atoms with Gasteiger partial charge in [-0.15, -0.1) is 0 Å². The predicted molar refractivity (Wildman–Crippen MR) is 97.0 cm³/mol. The first-order valence-corrected chi connectivity index (χ1v) is 8.26. The van der Waals surface area contributed by atoms with Crippen LogP contribution in [0.3, 0.4) is 0 Å². The van der Waals surface area contributed by atoms with Gasteiger partial charge in [-0.2, -0.15) is 0 Å². The van der Waals surface area contributed by atoms with Crippen molar-refractivity contribution in [1.29, 1.82) is 0 Å². The van der Waals surface area contributed by atoms with Gasteiger partial charge in [-0.25, -0.2) is 4.79 Å². The van der Waals surface area contributed by atoms with E-state index in [0.717, 1.165) is 23.2 Å². The number of nitrogens with zero attached hydrogens (tertiary/aromatic N) is 2. The smallest absolute Gasteiger partial charge is 0.337 e. The van der Waals surface area contributed by atoms with Crippen LogP contribution in [0.5, 0.6) is 0 Å². The molecule has 5 heteroatoms. The standard InChI is InChI=1S/C20H22N2O3/c1-21(2)18-8-6-14(7-9-18)19(23)22-11-10-15-12-16(20(24)25-3)4-5-17(15)13-22/h4-9,12H,10-11,13H2,1-3H3. The summed E-state index contributed by atoms with van der Waals surface area (Å²) >= 11 is 0. The van der Waals surface area contributed by atoms with Gasteiger partial charge < -0.3 is 14.5 Å². The Bertz CT molecular complexity index is 797. The number of carbonyl (C=O) groups is 2. The number of carbonyl (C=O) groups excluding carboxylic acids is 2. The van der Waals surface area contributed by atoms with Gasteiger partial charge in [-0.1, -0.05) is 6.07 Å². The molecule has 0 saturated heterocycles. The maximum Gasteiger partial charge on any atom is 0.337 e. The summed E-state index contributed by atoms with van der Waals surface area (Å²) in [7, 11) is 5.33. The van der Waals surface area contributed by atoms with E-state index in [0.29, 0.717) is 24.2 Å². The van der Waals surface area contributed by atoms with Crippen molar-refractivity contribution in [3.8, 4) is 0 Å². The number of rotatable bonds is 3. The highest BCUT2D eigenvalue weighted by Crippen LogP contribution is 2.23. The monoisotopic (exact) mass is 338 g/mol. The molecular formula is C20H22N2O3. The molecule has 0 radical (unpaired) electrons. The highest BCUT2D eigenvalue weighted by molar-refractivity contribution is 5.95. The largest absolute Gasteiger partial charge is 0.465 e. The SMILES string of the molecule is COC(=O)c1ccc2c(c1)CCN(C(=O)c1ccc(N(C)C)cc1)C2. The molecule has 0 N–H and O–H groups in total. The van der Waals surface area contributed by atoms with E-state index < -0.39 is 0 Å². The number of anilines is 1.